The number of phenolic OH excluding ortho intramolecular Hbond substituents is 1. The van der Waals surface area contributed by atoms with Crippen LogP contribution in [0.5, 0.6) is 17.2 Å². The van der Waals surface area contributed by atoms with E-state index in [4.69, 9.17) is 9.47 Å². The van der Waals surface area contributed by atoms with Gasteiger partial charge in [0.25, 0.3) is 0 Å². The van der Waals surface area contributed by atoms with Crippen molar-refractivity contribution in [1.29, 1.82) is 0 Å². The minimum absolute atomic E-state index is 0.0877. The van der Waals surface area contributed by atoms with Crippen molar-refractivity contribution in [3.63, 3.8) is 0 Å². The number of nitrogens with one attached hydrogen (secondary N) is 1. The number of aromatic hydroxyl groups is 1. The van der Waals surface area contributed by atoms with Gasteiger partial charge < -0.3 is 24.5 Å². The van der Waals surface area contributed by atoms with Crippen molar-refractivity contribution in [2.45, 2.75) is 72.6 Å². The van der Waals surface area contributed by atoms with Gasteiger partial charge in [-0.3, -0.25) is 9.59 Å². The average Bonchev–Trinajstić information content (AvgIpc) is 2.89. The van der Waals surface area contributed by atoms with Gasteiger partial charge in [-0.1, -0.05) is 30.3 Å². The summed E-state index contributed by atoms with van der Waals surface area (Å²) in [6.45, 7) is 10.7. The number of amides is 1. The molecular weight excluding hydrogens is 468 g/mol. The predicted molar refractivity (Wildman–Crippen MR) is 144 cm³/mol. The molecule has 0 spiro atoms. The van der Waals surface area contributed by atoms with Gasteiger partial charge in [0.1, 0.15) is 23.7 Å². The molecule has 2 heterocycles. The lowest BCUT2D eigenvalue weighted by molar-refractivity contribution is -0.122. The van der Waals surface area contributed by atoms with Crippen LogP contribution in [0.15, 0.2) is 47.4 Å². The molecule has 1 amide bonds. The molecule has 7 nitrogen and oxygen atoms in total. The summed E-state index contributed by atoms with van der Waals surface area (Å²) in [7, 11) is 0. The van der Waals surface area contributed by atoms with Crippen LogP contribution in [0.1, 0.15) is 53.3 Å². The van der Waals surface area contributed by atoms with E-state index in [9.17, 15) is 14.7 Å². The van der Waals surface area contributed by atoms with Gasteiger partial charge >= 0.3 is 0 Å². The lowest BCUT2D eigenvalue weighted by Gasteiger charge is -2.38. The van der Waals surface area contributed by atoms with Gasteiger partial charge in [-0.25, -0.2) is 0 Å². The van der Waals surface area contributed by atoms with Crippen LogP contribution < -0.4 is 20.2 Å². The van der Waals surface area contributed by atoms with Crippen LogP contribution in [0.2, 0.25) is 0 Å². The summed E-state index contributed by atoms with van der Waals surface area (Å²) in [5.41, 5.74) is 4.65. The molecule has 0 saturated carbocycles. The number of carbonyl (C=O) groups is 1. The van der Waals surface area contributed by atoms with Gasteiger partial charge in [0, 0.05) is 30.8 Å². The van der Waals surface area contributed by atoms with Gasteiger partial charge in [-0.05, 0) is 69.7 Å². The highest BCUT2D eigenvalue weighted by atomic mass is 16.5. The summed E-state index contributed by atoms with van der Waals surface area (Å²) >= 11 is 0. The summed E-state index contributed by atoms with van der Waals surface area (Å²) in [6, 6.07) is 11.2. The van der Waals surface area contributed by atoms with Crippen LogP contribution in [0.4, 0.5) is 0 Å². The van der Waals surface area contributed by atoms with Gasteiger partial charge in [0.2, 0.25) is 11.3 Å². The largest absolute Gasteiger partial charge is 0.507 e. The van der Waals surface area contributed by atoms with Gasteiger partial charge in [-0.2, -0.15) is 0 Å². The van der Waals surface area contributed by atoms with E-state index < -0.39 is 5.60 Å². The highest BCUT2D eigenvalue weighted by molar-refractivity contribution is 5.76. The first-order chi connectivity index (χ1) is 17.6. The van der Waals surface area contributed by atoms with Crippen molar-refractivity contribution in [3.05, 3.63) is 86.3 Å². The Hall–Kier alpha value is -3.74. The van der Waals surface area contributed by atoms with Crippen molar-refractivity contribution < 1.29 is 19.4 Å². The van der Waals surface area contributed by atoms with E-state index in [2.05, 4.69) is 5.32 Å². The Balaban J connectivity index is 1.35. The maximum atomic E-state index is 12.7. The number of rotatable bonds is 8. The van der Waals surface area contributed by atoms with E-state index >= 15 is 0 Å². The van der Waals surface area contributed by atoms with Crippen LogP contribution in [0.25, 0.3) is 0 Å². The fourth-order valence-electron chi connectivity index (χ4n) is 4.82. The number of benzene rings is 2. The Morgan fingerprint density at radius 1 is 1.11 bits per heavy atom. The maximum absolute atomic E-state index is 12.7. The predicted octanol–water partition coefficient (Wildman–Crippen LogP) is 4.66. The first-order valence-electron chi connectivity index (χ1n) is 12.7. The zero-order chi connectivity index (χ0) is 26.7. The lowest BCUT2D eigenvalue weighted by Crippen LogP contribution is -2.47. The number of fused-ring (bicyclic) bond motifs is 1. The SMILES string of the molecule is Cc1c(C)c2c(c(C)c1O)CCC(C)(CNC(=O)CCn1ccc(=O)c(OCc3ccccc3)c1C)O2. The Morgan fingerprint density at radius 3 is 2.57 bits per heavy atom. The monoisotopic (exact) mass is 504 g/mol. The molecule has 2 aromatic carbocycles. The van der Waals surface area contributed by atoms with Crippen molar-refractivity contribution in [1.82, 2.24) is 9.88 Å². The molecule has 4 rings (SSSR count). The Bertz CT molecular complexity index is 1360. The first-order valence-corrected chi connectivity index (χ1v) is 12.7. The van der Waals surface area contributed by atoms with Crippen LogP contribution >= 0.6 is 0 Å². The number of hydrogen-bond acceptors (Lipinski definition) is 5. The number of pyridine rings is 1. The molecule has 0 fully saturated rings. The molecule has 1 aromatic heterocycles. The van der Waals surface area contributed by atoms with E-state index in [1.54, 1.807) is 6.20 Å². The number of aryl methyl sites for hydroxylation is 1. The summed E-state index contributed by atoms with van der Waals surface area (Å²) in [5, 5.41) is 13.4. The van der Waals surface area contributed by atoms with Crippen molar-refractivity contribution in [2.75, 3.05) is 6.54 Å². The smallest absolute Gasteiger partial charge is 0.223 e. The third-order valence-electron chi connectivity index (χ3n) is 7.45. The fraction of sp³-hybridized carbons (Fsp3) is 0.400. The zero-order valence-corrected chi connectivity index (χ0v) is 22.3. The van der Waals surface area contributed by atoms with E-state index in [0.717, 1.165) is 46.4 Å². The molecule has 1 atom stereocenters. The van der Waals surface area contributed by atoms with E-state index in [1.165, 1.54) is 6.07 Å². The van der Waals surface area contributed by atoms with E-state index in [0.29, 0.717) is 36.9 Å². The average molecular weight is 505 g/mol. The zero-order valence-electron chi connectivity index (χ0n) is 22.3. The molecule has 196 valence electrons. The molecule has 3 aromatic rings. The van der Waals surface area contributed by atoms with Crippen LogP contribution in [-0.2, 0) is 24.4 Å². The van der Waals surface area contributed by atoms with Crippen LogP contribution in [0.3, 0.4) is 0 Å². The Labute approximate surface area is 218 Å². The van der Waals surface area contributed by atoms with E-state index in [1.807, 2.05) is 69.5 Å². The number of hydrogen-bond donors (Lipinski definition) is 2. The van der Waals surface area contributed by atoms with E-state index in [-0.39, 0.29) is 17.8 Å². The van der Waals surface area contributed by atoms with Crippen LogP contribution in [-0.4, -0.2) is 27.7 Å². The summed E-state index contributed by atoms with van der Waals surface area (Å²) in [4.78, 5) is 25.1. The topological polar surface area (TPSA) is 89.8 Å². The molecule has 1 unspecified atom stereocenters. The minimum atomic E-state index is -0.533. The summed E-state index contributed by atoms with van der Waals surface area (Å²) in [5.74, 6) is 1.38. The normalized spacial score (nSPS) is 16.6. The van der Waals surface area contributed by atoms with Gasteiger partial charge in [0.05, 0.1) is 12.2 Å². The summed E-state index contributed by atoms with van der Waals surface area (Å²) in [6.07, 6.45) is 3.49. The second kappa shape index (κ2) is 10.7. The van der Waals surface area contributed by atoms with Crippen molar-refractivity contribution in [2.24, 2.45) is 0 Å². The molecule has 0 saturated heterocycles. The first kappa shape index (κ1) is 26.3. The van der Waals surface area contributed by atoms with Crippen molar-refractivity contribution in [3.8, 4) is 17.2 Å². The maximum Gasteiger partial charge on any atom is 0.223 e. The molecule has 0 aliphatic carbocycles. The number of aromatic nitrogens is 1. The number of phenols is 1. The Morgan fingerprint density at radius 2 is 1.84 bits per heavy atom. The second-order valence-corrected chi connectivity index (χ2v) is 10.2. The molecule has 0 bridgehead atoms. The quantitative estimate of drug-likeness (QED) is 0.466. The molecule has 2 N–H and O–H groups in total. The third kappa shape index (κ3) is 5.66. The minimum Gasteiger partial charge on any atom is -0.507 e. The standard InChI is InChI=1S/C30H36N2O5/c1-19-20(2)28-24(21(3)27(19)35)11-14-30(5,37-28)18-31-26(34)13-16-32-15-12-25(33)29(22(32)4)36-17-23-9-7-6-8-10-23/h6-10,12,15,35H,11,13-14,16-18H2,1-5H3,(H,31,34). The molecule has 0 radical (unpaired) electrons. The number of carbonyl (C=O) groups excluding carboxylic acids is 1. The number of nitrogens with zero attached hydrogens (tertiary/aromatic N) is 1. The van der Waals surface area contributed by atoms with Crippen LogP contribution in [0, 0.1) is 27.7 Å². The van der Waals surface area contributed by atoms with Gasteiger partial charge in [-0.15, -0.1) is 0 Å². The second-order valence-electron chi connectivity index (χ2n) is 10.2. The van der Waals surface area contributed by atoms with Gasteiger partial charge in [0.15, 0.2) is 5.75 Å². The molecule has 1 aliphatic heterocycles. The molecule has 37 heavy (non-hydrogen) atoms. The highest BCUT2D eigenvalue weighted by Crippen LogP contribution is 2.43. The highest BCUT2D eigenvalue weighted by Gasteiger charge is 2.34. The Kier molecular flexibility index (Phi) is 7.62. The lowest BCUT2D eigenvalue weighted by atomic mass is 9.87. The fourth-order valence-corrected chi connectivity index (χ4v) is 4.82. The number of ether oxygens (including phenoxy) is 2. The summed E-state index contributed by atoms with van der Waals surface area (Å²) < 4.78 is 14.1. The third-order valence-corrected chi connectivity index (χ3v) is 7.45. The molecular formula is C30H36N2O5. The van der Waals surface area contributed by atoms with Crippen molar-refractivity contribution >= 4 is 5.91 Å². The molecule has 7 heteroatoms. The molecule has 1 aliphatic rings.